The second kappa shape index (κ2) is 61.9. The Morgan fingerprint density at radius 2 is 0.527 bits per heavy atom. The molecule has 0 radical (unpaired) electrons. The van der Waals surface area contributed by atoms with Gasteiger partial charge in [0.25, 0.3) is 0 Å². The van der Waals surface area contributed by atoms with Crippen molar-refractivity contribution in [3.05, 3.63) is 97.2 Å². The molecule has 0 saturated carbocycles. The largest absolute Gasteiger partial charge is 0.462 e. The number of unbranched alkanes of at least 4 members (excludes halogenated alkanes) is 29. The van der Waals surface area contributed by atoms with E-state index in [0.717, 1.165) is 103 Å². The molecule has 0 aliphatic heterocycles. The van der Waals surface area contributed by atoms with Crippen LogP contribution in [-0.2, 0) is 28.6 Å². The first kappa shape index (κ1) is 70.3. The highest BCUT2D eigenvalue weighted by Gasteiger charge is 2.19. The van der Waals surface area contributed by atoms with E-state index in [1.165, 1.54) is 154 Å². The molecule has 74 heavy (non-hydrogen) atoms. The zero-order valence-corrected chi connectivity index (χ0v) is 48.6. The van der Waals surface area contributed by atoms with Gasteiger partial charge in [0.2, 0.25) is 0 Å². The monoisotopic (exact) mass is 1030 g/mol. The van der Waals surface area contributed by atoms with Crippen LogP contribution < -0.4 is 0 Å². The van der Waals surface area contributed by atoms with Crippen molar-refractivity contribution in [2.24, 2.45) is 0 Å². The Morgan fingerprint density at radius 1 is 0.284 bits per heavy atom. The average Bonchev–Trinajstić information content (AvgIpc) is 3.40. The lowest BCUT2D eigenvalue weighted by Gasteiger charge is -2.18. The molecule has 1 atom stereocenters. The summed E-state index contributed by atoms with van der Waals surface area (Å²) in [7, 11) is 0. The lowest BCUT2D eigenvalue weighted by atomic mass is 10.0. The molecule has 0 heterocycles. The van der Waals surface area contributed by atoms with Gasteiger partial charge in [-0.15, -0.1) is 0 Å². The third-order valence-corrected chi connectivity index (χ3v) is 13.3. The molecule has 1 unspecified atom stereocenters. The summed E-state index contributed by atoms with van der Waals surface area (Å²) in [5.41, 5.74) is 0. The van der Waals surface area contributed by atoms with Gasteiger partial charge in [-0.2, -0.15) is 0 Å². The van der Waals surface area contributed by atoms with E-state index in [1.807, 2.05) is 0 Å². The van der Waals surface area contributed by atoms with Gasteiger partial charge in [-0.25, -0.2) is 0 Å². The smallest absolute Gasteiger partial charge is 0.306 e. The Labute approximate surface area is 457 Å². The van der Waals surface area contributed by atoms with E-state index in [4.69, 9.17) is 14.2 Å². The standard InChI is InChI=1S/C68H116O6/c1-4-7-10-13-16-19-22-25-28-30-32-33-34-35-36-38-40-43-46-49-52-55-58-61-67(70)73-64-65(63-72-66(69)60-57-54-51-48-45-42-39-27-24-21-18-15-12-9-6-3)74-68(71)62-59-56-53-50-47-44-41-37-31-29-26-23-20-17-14-11-8-5-2/h9,12,18,20-23,25,27,29-32,39,45,48,65H,4-8,10-11,13-17,19,24,26,28,33-38,40-44,46-47,49-64H2,1-3H3/b12-9-,21-18-,23-20-,25-22-,31-29-,32-30-,39-27-,48-45-. The van der Waals surface area contributed by atoms with Crippen molar-refractivity contribution in [1.29, 1.82) is 0 Å². The minimum absolute atomic E-state index is 0.0949. The summed E-state index contributed by atoms with van der Waals surface area (Å²) in [5, 5.41) is 0. The number of allylic oxidation sites excluding steroid dienone is 16. The minimum Gasteiger partial charge on any atom is -0.462 e. The first-order valence-electron chi connectivity index (χ1n) is 31.2. The molecule has 0 aromatic heterocycles. The highest BCUT2D eigenvalue weighted by atomic mass is 16.6. The summed E-state index contributed by atoms with van der Waals surface area (Å²) in [5.74, 6) is -0.941. The van der Waals surface area contributed by atoms with Crippen molar-refractivity contribution in [3.8, 4) is 0 Å². The Balaban J connectivity index is 4.40. The van der Waals surface area contributed by atoms with Gasteiger partial charge in [0.15, 0.2) is 6.10 Å². The summed E-state index contributed by atoms with van der Waals surface area (Å²) < 4.78 is 16.9. The molecule has 0 spiro atoms. The predicted molar refractivity (Wildman–Crippen MR) is 320 cm³/mol. The number of esters is 3. The van der Waals surface area contributed by atoms with Crippen LogP contribution in [0.4, 0.5) is 0 Å². The molecule has 0 saturated heterocycles. The maximum absolute atomic E-state index is 12.9. The summed E-state index contributed by atoms with van der Waals surface area (Å²) >= 11 is 0. The van der Waals surface area contributed by atoms with Gasteiger partial charge in [0.05, 0.1) is 0 Å². The number of carbonyl (C=O) groups is 3. The molecular weight excluding hydrogens is 913 g/mol. The van der Waals surface area contributed by atoms with Crippen LogP contribution in [0.1, 0.15) is 297 Å². The first-order chi connectivity index (χ1) is 36.5. The first-order valence-corrected chi connectivity index (χ1v) is 31.2. The summed E-state index contributed by atoms with van der Waals surface area (Å²) in [6.45, 7) is 6.48. The predicted octanol–water partition coefficient (Wildman–Crippen LogP) is 21.3. The van der Waals surface area contributed by atoms with Gasteiger partial charge in [0, 0.05) is 19.3 Å². The van der Waals surface area contributed by atoms with E-state index in [0.29, 0.717) is 19.3 Å². The molecule has 0 aromatic rings. The second-order valence-corrected chi connectivity index (χ2v) is 20.6. The van der Waals surface area contributed by atoms with Gasteiger partial charge in [-0.05, 0) is 122 Å². The number of hydrogen-bond acceptors (Lipinski definition) is 6. The highest BCUT2D eigenvalue weighted by Crippen LogP contribution is 2.15. The van der Waals surface area contributed by atoms with Gasteiger partial charge in [0.1, 0.15) is 13.2 Å². The molecule has 0 N–H and O–H groups in total. The average molecular weight is 1030 g/mol. The molecule has 0 amide bonds. The summed E-state index contributed by atoms with van der Waals surface area (Å²) in [6, 6.07) is 0. The lowest BCUT2D eigenvalue weighted by Crippen LogP contribution is -2.30. The maximum atomic E-state index is 12.9. The molecular formula is C68H116O6. The van der Waals surface area contributed by atoms with Crippen molar-refractivity contribution in [3.63, 3.8) is 0 Å². The third-order valence-electron chi connectivity index (χ3n) is 13.3. The van der Waals surface area contributed by atoms with Crippen LogP contribution in [0.25, 0.3) is 0 Å². The topological polar surface area (TPSA) is 78.9 Å². The molecule has 424 valence electrons. The zero-order valence-electron chi connectivity index (χ0n) is 48.6. The molecule has 0 rings (SSSR count). The van der Waals surface area contributed by atoms with E-state index in [2.05, 4.69) is 118 Å². The fourth-order valence-corrected chi connectivity index (χ4v) is 8.61. The second-order valence-electron chi connectivity index (χ2n) is 20.6. The zero-order chi connectivity index (χ0) is 53.6. The minimum atomic E-state index is -0.802. The molecule has 0 aliphatic carbocycles. The number of carbonyl (C=O) groups excluding carboxylic acids is 3. The van der Waals surface area contributed by atoms with E-state index >= 15 is 0 Å². The fourth-order valence-electron chi connectivity index (χ4n) is 8.61. The van der Waals surface area contributed by atoms with Crippen LogP contribution in [0.3, 0.4) is 0 Å². The Bertz CT molecular complexity index is 1460. The molecule has 0 aromatic carbocycles. The van der Waals surface area contributed by atoms with Gasteiger partial charge in [-0.1, -0.05) is 253 Å². The van der Waals surface area contributed by atoms with Gasteiger partial charge in [-0.3, -0.25) is 14.4 Å². The highest BCUT2D eigenvalue weighted by molar-refractivity contribution is 5.71. The Kier molecular flexibility index (Phi) is 58.8. The maximum Gasteiger partial charge on any atom is 0.306 e. The van der Waals surface area contributed by atoms with Crippen LogP contribution in [-0.4, -0.2) is 37.2 Å². The summed E-state index contributed by atoms with van der Waals surface area (Å²) in [6.07, 6.45) is 82.7. The molecule has 6 nitrogen and oxygen atoms in total. The number of hydrogen-bond donors (Lipinski definition) is 0. The number of rotatable bonds is 56. The van der Waals surface area contributed by atoms with Crippen molar-refractivity contribution >= 4 is 17.9 Å². The van der Waals surface area contributed by atoms with E-state index in [1.54, 1.807) is 0 Å². The van der Waals surface area contributed by atoms with Crippen molar-refractivity contribution in [2.45, 2.75) is 303 Å². The van der Waals surface area contributed by atoms with Crippen molar-refractivity contribution in [2.75, 3.05) is 13.2 Å². The number of ether oxygens (including phenoxy) is 3. The molecule has 6 heteroatoms. The fraction of sp³-hybridized carbons (Fsp3) is 0.721. The van der Waals surface area contributed by atoms with E-state index in [-0.39, 0.29) is 31.1 Å². The van der Waals surface area contributed by atoms with Crippen LogP contribution in [0.2, 0.25) is 0 Å². The molecule has 0 fully saturated rings. The lowest BCUT2D eigenvalue weighted by molar-refractivity contribution is -0.167. The van der Waals surface area contributed by atoms with E-state index in [9.17, 15) is 14.4 Å². The normalized spacial score (nSPS) is 12.7. The quantitative estimate of drug-likeness (QED) is 0.0261. The van der Waals surface area contributed by atoms with Crippen molar-refractivity contribution < 1.29 is 28.6 Å². The Hall–Kier alpha value is -3.67. The van der Waals surface area contributed by atoms with Crippen LogP contribution in [0.5, 0.6) is 0 Å². The van der Waals surface area contributed by atoms with Gasteiger partial charge < -0.3 is 14.2 Å². The SMILES string of the molecule is CC/C=C\C/C=C\C/C=C\C/C=C\CCCCC(=O)OCC(COC(=O)CCCCCCCCCCCCC/C=C\C/C=C\CCCCCCC)OC(=O)CCCCCCCCC/C=C\C/C=C\CCCCCC. The van der Waals surface area contributed by atoms with E-state index < -0.39 is 6.10 Å². The Morgan fingerprint density at radius 3 is 0.865 bits per heavy atom. The van der Waals surface area contributed by atoms with Crippen molar-refractivity contribution in [1.82, 2.24) is 0 Å². The van der Waals surface area contributed by atoms with Crippen LogP contribution in [0, 0.1) is 0 Å². The third kappa shape index (κ3) is 59.2. The van der Waals surface area contributed by atoms with Crippen LogP contribution >= 0.6 is 0 Å². The molecule has 0 aliphatic rings. The summed E-state index contributed by atoms with van der Waals surface area (Å²) in [4.78, 5) is 38.3. The molecule has 0 bridgehead atoms. The van der Waals surface area contributed by atoms with Crippen LogP contribution in [0.15, 0.2) is 97.2 Å². The van der Waals surface area contributed by atoms with Gasteiger partial charge >= 0.3 is 17.9 Å².